The highest BCUT2D eigenvalue weighted by atomic mass is 32.1. The summed E-state index contributed by atoms with van der Waals surface area (Å²) in [6, 6.07) is 7.69. The van der Waals surface area contributed by atoms with Crippen LogP contribution in [-0.4, -0.2) is 26.0 Å². The Morgan fingerprint density at radius 3 is 3.00 bits per heavy atom. The minimum Gasteiger partial charge on any atom is -0.342 e. The van der Waals surface area contributed by atoms with Crippen molar-refractivity contribution in [2.75, 3.05) is 5.32 Å². The van der Waals surface area contributed by atoms with Crippen molar-refractivity contribution in [3.63, 3.8) is 0 Å². The van der Waals surface area contributed by atoms with E-state index in [-0.39, 0.29) is 12.3 Å². The van der Waals surface area contributed by atoms with Gasteiger partial charge in [-0.3, -0.25) is 4.79 Å². The number of H-pyrrole nitrogens is 1. The number of rotatable bonds is 6. The summed E-state index contributed by atoms with van der Waals surface area (Å²) in [6.45, 7) is 0. The second-order valence-corrected chi connectivity index (χ2v) is 7.83. The number of nitrogens with zero attached hydrogens (tertiary/aromatic N) is 3. The molecule has 0 saturated heterocycles. The number of thiophene rings is 1. The standard InChI is InChI=1S/C20H19N5O2S/c26-17(6-7-18-24-20(25-27-18)13-8-9-28-11-13)21-14-4-5-15-16(10-14)23-19(22-15)12-2-1-3-12/h4-5,8-12H,1-3,6-7H2,(H,21,26)(H,22,23). The number of nitrogens with one attached hydrogen (secondary N) is 2. The Hall–Kier alpha value is -3.00. The van der Waals surface area contributed by atoms with Gasteiger partial charge >= 0.3 is 0 Å². The first-order valence-corrected chi connectivity index (χ1v) is 10.3. The van der Waals surface area contributed by atoms with Gasteiger partial charge in [-0.05, 0) is 42.5 Å². The Kier molecular flexibility index (Phi) is 4.40. The van der Waals surface area contributed by atoms with E-state index in [1.807, 2.05) is 35.0 Å². The Balaban J connectivity index is 1.20. The second kappa shape index (κ2) is 7.20. The minimum absolute atomic E-state index is 0.0895. The minimum atomic E-state index is -0.0895. The number of aromatic amines is 1. The van der Waals surface area contributed by atoms with E-state index in [1.165, 1.54) is 19.3 Å². The van der Waals surface area contributed by atoms with Crippen molar-refractivity contribution >= 4 is 34.0 Å². The fraction of sp³-hybridized carbons (Fsp3) is 0.300. The fourth-order valence-corrected chi connectivity index (χ4v) is 3.93. The third kappa shape index (κ3) is 3.43. The molecule has 3 heterocycles. The number of amides is 1. The smallest absolute Gasteiger partial charge is 0.227 e. The number of carbonyl (C=O) groups excluding carboxylic acids is 1. The topological polar surface area (TPSA) is 96.7 Å². The molecule has 5 rings (SSSR count). The molecule has 1 aromatic carbocycles. The molecule has 3 aromatic heterocycles. The van der Waals surface area contributed by atoms with Gasteiger partial charge in [0.05, 0.1) is 11.0 Å². The zero-order valence-corrected chi connectivity index (χ0v) is 16.0. The molecule has 1 amide bonds. The van der Waals surface area contributed by atoms with Crippen LogP contribution in [0.1, 0.15) is 43.3 Å². The largest absolute Gasteiger partial charge is 0.342 e. The third-order valence-electron chi connectivity index (χ3n) is 5.09. The van der Waals surface area contributed by atoms with E-state index < -0.39 is 0 Å². The summed E-state index contributed by atoms with van der Waals surface area (Å²) in [5.41, 5.74) is 3.58. The van der Waals surface area contributed by atoms with Gasteiger partial charge in [0.1, 0.15) is 5.82 Å². The van der Waals surface area contributed by atoms with Gasteiger partial charge < -0.3 is 14.8 Å². The van der Waals surface area contributed by atoms with Crippen LogP contribution < -0.4 is 5.32 Å². The van der Waals surface area contributed by atoms with Crippen LogP contribution in [0.15, 0.2) is 39.5 Å². The van der Waals surface area contributed by atoms with E-state index in [9.17, 15) is 4.79 Å². The molecule has 0 bridgehead atoms. The third-order valence-corrected chi connectivity index (χ3v) is 5.77. The summed E-state index contributed by atoms with van der Waals surface area (Å²) in [7, 11) is 0. The number of benzene rings is 1. The molecule has 0 spiro atoms. The number of imidazole rings is 1. The summed E-state index contributed by atoms with van der Waals surface area (Å²) in [6.07, 6.45) is 4.36. The van der Waals surface area contributed by atoms with Crippen molar-refractivity contribution in [3.05, 3.63) is 46.7 Å². The summed E-state index contributed by atoms with van der Waals surface area (Å²) >= 11 is 1.58. The lowest BCUT2D eigenvalue weighted by Crippen LogP contribution is -2.12. The molecule has 28 heavy (non-hydrogen) atoms. The predicted molar refractivity (Wildman–Crippen MR) is 107 cm³/mol. The number of fused-ring (bicyclic) bond motifs is 1. The number of aromatic nitrogens is 4. The highest BCUT2D eigenvalue weighted by molar-refractivity contribution is 7.08. The first-order chi connectivity index (χ1) is 13.7. The molecule has 7 nitrogen and oxygen atoms in total. The van der Waals surface area contributed by atoms with Crippen LogP contribution in [0.5, 0.6) is 0 Å². The molecule has 8 heteroatoms. The maximum Gasteiger partial charge on any atom is 0.227 e. The van der Waals surface area contributed by atoms with Crippen LogP contribution in [0.2, 0.25) is 0 Å². The van der Waals surface area contributed by atoms with E-state index in [2.05, 4.69) is 25.4 Å². The molecule has 1 fully saturated rings. The predicted octanol–water partition coefficient (Wildman–Crippen LogP) is 4.51. The van der Waals surface area contributed by atoms with Gasteiger partial charge in [-0.1, -0.05) is 11.6 Å². The fourth-order valence-electron chi connectivity index (χ4n) is 3.29. The van der Waals surface area contributed by atoms with Crippen LogP contribution in [-0.2, 0) is 11.2 Å². The molecule has 4 aromatic rings. The quantitative estimate of drug-likeness (QED) is 0.502. The summed E-state index contributed by atoms with van der Waals surface area (Å²) in [4.78, 5) is 24.7. The Morgan fingerprint density at radius 1 is 1.29 bits per heavy atom. The Bertz CT molecular complexity index is 1110. The van der Waals surface area contributed by atoms with Crippen molar-refractivity contribution in [1.82, 2.24) is 20.1 Å². The van der Waals surface area contributed by atoms with Crippen LogP contribution >= 0.6 is 11.3 Å². The maximum absolute atomic E-state index is 12.3. The molecule has 1 aliphatic carbocycles. The van der Waals surface area contributed by atoms with Gasteiger partial charge in [-0.15, -0.1) is 0 Å². The molecule has 2 N–H and O–H groups in total. The van der Waals surface area contributed by atoms with Gasteiger partial charge in [0.15, 0.2) is 0 Å². The number of hydrogen-bond donors (Lipinski definition) is 2. The number of aryl methyl sites for hydroxylation is 1. The number of anilines is 1. The van der Waals surface area contributed by atoms with E-state index in [4.69, 9.17) is 4.52 Å². The van der Waals surface area contributed by atoms with Gasteiger partial charge in [-0.25, -0.2) is 4.98 Å². The molecule has 0 aliphatic heterocycles. The van der Waals surface area contributed by atoms with Gasteiger partial charge in [0, 0.05) is 35.4 Å². The highest BCUT2D eigenvalue weighted by Gasteiger charge is 2.22. The molecular formula is C20H19N5O2S. The van der Waals surface area contributed by atoms with Crippen molar-refractivity contribution in [1.29, 1.82) is 0 Å². The van der Waals surface area contributed by atoms with Crippen molar-refractivity contribution in [2.45, 2.75) is 38.0 Å². The lowest BCUT2D eigenvalue weighted by atomic mass is 9.85. The van der Waals surface area contributed by atoms with Crippen molar-refractivity contribution in [2.24, 2.45) is 0 Å². The van der Waals surface area contributed by atoms with Crippen LogP contribution in [0.4, 0.5) is 5.69 Å². The van der Waals surface area contributed by atoms with E-state index in [0.717, 1.165) is 28.1 Å². The van der Waals surface area contributed by atoms with Crippen molar-refractivity contribution < 1.29 is 9.32 Å². The van der Waals surface area contributed by atoms with E-state index >= 15 is 0 Å². The van der Waals surface area contributed by atoms with Crippen LogP contribution in [0.25, 0.3) is 22.4 Å². The SMILES string of the molecule is O=C(CCc1nc(-c2ccsc2)no1)Nc1ccc2nc(C3CCC3)[nH]c2c1. The molecule has 0 radical (unpaired) electrons. The van der Waals surface area contributed by atoms with Gasteiger partial charge in [0.2, 0.25) is 17.6 Å². The first-order valence-electron chi connectivity index (χ1n) is 9.39. The van der Waals surface area contributed by atoms with E-state index in [0.29, 0.717) is 24.1 Å². The zero-order valence-electron chi connectivity index (χ0n) is 15.1. The summed E-state index contributed by atoms with van der Waals surface area (Å²) in [5, 5.41) is 10.8. The molecule has 0 atom stereocenters. The van der Waals surface area contributed by atoms with Gasteiger partial charge in [0.25, 0.3) is 0 Å². The highest BCUT2D eigenvalue weighted by Crippen LogP contribution is 2.35. The first kappa shape index (κ1) is 17.1. The lowest BCUT2D eigenvalue weighted by molar-refractivity contribution is -0.116. The van der Waals surface area contributed by atoms with Crippen LogP contribution in [0, 0.1) is 0 Å². The maximum atomic E-state index is 12.3. The Labute approximate surface area is 165 Å². The normalized spacial score (nSPS) is 14.3. The summed E-state index contributed by atoms with van der Waals surface area (Å²) < 4.78 is 5.24. The van der Waals surface area contributed by atoms with Crippen molar-refractivity contribution in [3.8, 4) is 11.4 Å². The second-order valence-electron chi connectivity index (χ2n) is 7.05. The molecule has 1 saturated carbocycles. The summed E-state index contributed by atoms with van der Waals surface area (Å²) in [5.74, 6) is 2.55. The van der Waals surface area contributed by atoms with Gasteiger partial charge in [-0.2, -0.15) is 16.3 Å². The monoisotopic (exact) mass is 393 g/mol. The Morgan fingerprint density at radius 2 is 2.21 bits per heavy atom. The molecule has 0 unspecified atom stereocenters. The van der Waals surface area contributed by atoms with Crippen LogP contribution in [0.3, 0.4) is 0 Å². The average molecular weight is 393 g/mol. The molecular weight excluding hydrogens is 374 g/mol. The number of carbonyl (C=O) groups is 1. The molecule has 142 valence electrons. The average Bonchev–Trinajstić information content (AvgIpc) is 3.38. The van der Waals surface area contributed by atoms with E-state index in [1.54, 1.807) is 11.3 Å². The molecule has 1 aliphatic rings. The number of hydrogen-bond acceptors (Lipinski definition) is 6. The lowest BCUT2D eigenvalue weighted by Gasteiger charge is -2.22. The zero-order chi connectivity index (χ0) is 18.9.